The van der Waals surface area contributed by atoms with Gasteiger partial charge in [-0.1, -0.05) is 0 Å². The van der Waals surface area contributed by atoms with Gasteiger partial charge in [0.2, 0.25) is 5.91 Å². The van der Waals surface area contributed by atoms with E-state index in [0.29, 0.717) is 11.0 Å². The summed E-state index contributed by atoms with van der Waals surface area (Å²) in [5, 5.41) is 10.5. The van der Waals surface area contributed by atoms with Gasteiger partial charge in [0.25, 0.3) is 0 Å². The van der Waals surface area contributed by atoms with Crippen LogP contribution >= 0.6 is 0 Å². The number of carbonyl (C=O) groups is 2. The molecule has 2 N–H and O–H groups in total. The molecule has 26 heavy (non-hydrogen) atoms. The minimum absolute atomic E-state index is 0.276. The molecule has 1 fully saturated rings. The van der Waals surface area contributed by atoms with E-state index in [0.717, 1.165) is 0 Å². The van der Waals surface area contributed by atoms with Crippen molar-refractivity contribution in [2.45, 2.75) is 37.5 Å². The molecule has 0 saturated carbocycles. The summed E-state index contributed by atoms with van der Waals surface area (Å²) >= 11 is 0. The van der Waals surface area contributed by atoms with E-state index in [2.05, 4.69) is 0 Å². The number of carboxylic acid groups (broad SMARTS) is 1. The summed E-state index contributed by atoms with van der Waals surface area (Å²) in [5.74, 6) is -6.54. The Morgan fingerprint density at radius 2 is 1.92 bits per heavy atom. The smallest absolute Gasteiger partial charge is 0.406 e. The van der Waals surface area contributed by atoms with Gasteiger partial charge in [-0.05, 0) is 25.0 Å². The highest BCUT2D eigenvalue weighted by Gasteiger charge is 2.46. The highest BCUT2D eigenvalue weighted by molar-refractivity contribution is 5.86. The second kappa shape index (κ2) is 7.04. The standard InChI is InChI=1S/C15H14F6N2O3/c1-6-8(9-2-7(16)3-10(17)12(9)18)4-11(22-14(25)26)13(24)23(6)5-15(19,20)21/h2-3,6,8,11,22H,4-5H2,1H3,(H,25,26)/t6-,8-,11+/m0/s1. The summed E-state index contributed by atoms with van der Waals surface area (Å²) in [4.78, 5) is 23.3. The SMILES string of the molecule is C[C@H]1[C@@H](c2cc(F)cc(F)c2F)C[C@@H](NC(=O)O)C(=O)N1CC(F)(F)F. The summed E-state index contributed by atoms with van der Waals surface area (Å²) in [6, 6.07) is -1.98. The number of rotatable bonds is 3. The first-order valence-electron chi connectivity index (χ1n) is 7.42. The number of likely N-dealkylation sites (tertiary alicyclic amines) is 1. The van der Waals surface area contributed by atoms with E-state index in [1.54, 1.807) is 5.32 Å². The van der Waals surface area contributed by atoms with E-state index in [4.69, 9.17) is 5.11 Å². The Bertz CT molecular complexity index is 724. The molecule has 2 amide bonds. The summed E-state index contributed by atoms with van der Waals surface area (Å²) in [6.45, 7) is -0.533. The van der Waals surface area contributed by atoms with E-state index in [1.807, 2.05) is 0 Å². The van der Waals surface area contributed by atoms with E-state index in [1.165, 1.54) is 6.92 Å². The molecule has 0 radical (unpaired) electrons. The van der Waals surface area contributed by atoms with Crippen LogP contribution in [0.5, 0.6) is 0 Å². The second-order valence-electron chi connectivity index (χ2n) is 5.96. The number of carbonyl (C=O) groups excluding carboxylic acids is 1. The molecule has 11 heteroatoms. The summed E-state index contributed by atoms with van der Waals surface area (Å²) in [6.07, 6.45) is -6.92. The first kappa shape index (κ1) is 19.9. The third-order valence-corrected chi connectivity index (χ3v) is 4.21. The molecule has 1 aromatic carbocycles. The first-order valence-corrected chi connectivity index (χ1v) is 7.42. The molecule has 0 bridgehead atoms. The highest BCUT2D eigenvalue weighted by Crippen LogP contribution is 2.37. The Morgan fingerprint density at radius 1 is 1.31 bits per heavy atom. The molecule has 144 valence electrons. The van der Waals surface area contributed by atoms with Crippen LogP contribution in [-0.2, 0) is 4.79 Å². The molecular weight excluding hydrogens is 370 g/mol. The maximum absolute atomic E-state index is 14.1. The second-order valence-corrected chi connectivity index (χ2v) is 5.96. The minimum Gasteiger partial charge on any atom is -0.465 e. The Kier molecular flexibility index (Phi) is 5.38. The van der Waals surface area contributed by atoms with Crippen molar-refractivity contribution in [2.75, 3.05) is 6.54 Å². The molecule has 0 aliphatic carbocycles. The number of halogens is 6. The molecule has 1 aromatic rings. The van der Waals surface area contributed by atoms with Crippen molar-refractivity contribution in [3.63, 3.8) is 0 Å². The van der Waals surface area contributed by atoms with Crippen molar-refractivity contribution in [2.24, 2.45) is 0 Å². The molecule has 5 nitrogen and oxygen atoms in total. The zero-order valence-corrected chi connectivity index (χ0v) is 13.3. The molecule has 0 unspecified atom stereocenters. The van der Waals surface area contributed by atoms with Gasteiger partial charge in [0.15, 0.2) is 11.6 Å². The monoisotopic (exact) mass is 384 g/mol. The topological polar surface area (TPSA) is 69.6 Å². The number of amides is 2. The van der Waals surface area contributed by atoms with Crippen molar-refractivity contribution in [1.29, 1.82) is 0 Å². The molecular formula is C15H14F6N2O3. The number of hydrogen-bond acceptors (Lipinski definition) is 2. The van der Waals surface area contributed by atoms with Crippen molar-refractivity contribution < 1.29 is 41.0 Å². The van der Waals surface area contributed by atoms with Gasteiger partial charge in [-0.25, -0.2) is 18.0 Å². The maximum Gasteiger partial charge on any atom is 0.406 e. The maximum atomic E-state index is 14.1. The summed E-state index contributed by atoms with van der Waals surface area (Å²) in [5.41, 5.74) is -0.563. The minimum atomic E-state index is -4.80. The zero-order chi connectivity index (χ0) is 19.8. The van der Waals surface area contributed by atoms with Crippen LogP contribution in [0.1, 0.15) is 24.8 Å². The van der Waals surface area contributed by atoms with Crippen LogP contribution in [0.25, 0.3) is 0 Å². The van der Waals surface area contributed by atoms with Gasteiger partial charge < -0.3 is 15.3 Å². The van der Waals surface area contributed by atoms with E-state index >= 15 is 0 Å². The Balaban J connectivity index is 2.47. The number of hydrogen-bond donors (Lipinski definition) is 2. The number of nitrogens with zero attached hydrogens (tertiary/aromatic N) is 1. The van der Waals surface area contributed by atoms with Gasteiger partial charge in [-0.3, -0.25) is 4.79 Å². The van der Waals surface area contributed by atoms with Gasteiger partial charge in [-0.2, -0.15) is 13.2 Å². The van der Waals surface area contributed by atoms with Crippen LogP contribution in [0.4, 0.5) is 31.1 Å². The van der Waals surface area contributed by atoms with Gasteiger partial charge in [0.05, 0.1) is 0 Å². The Labute approximate surface area is 143 Å². The lowest BCUT2D eigenvalue weighted by atomic mass is 9.81. The normalized spacial score (nSPS) is 23.9. The fourth-order valence-corrected chi connectivity index (χ4v) is 3.09. The van der Waals surface area contributed by atoms with Crippen LogP contribution in [0.3, 0.4) is 0 Å². The van der Waals surface area contributed by atoms with Gasteiger partial charge in [0.1, 0.15) is 18.4 Å². The van der Waals surface area contributed by atoms with Crippen molar-refractivity contribution >= 4 is 12.0 Å². The number of piperidine rings is 1. The van der Waals surface area contributed by atoms with Gasteiger partial charge in [0, 0.05) is 18.0 Å². The van der Waals surface area contributed by atoms with Crippen molar-refractivity contribution in [1.82, 2.24) is 10.2 Å². The third-order valence-electron chi connectivity index (χ3n) is 4.21. The average molecular weight is 384 g/mol. The molecule has 1 aliphatic rings. The van der Waals surface area contributed by atoms with Crippen LogP contribution in [0.15, 0.2) is 12.1 Å². The largest absolute Gasteiger partial charge is 0.465 e. The van der Waals surface area contributed by atoms with E-state index in [9.17, 15) is 35.9 Å². The Morgan fingerprint density at radius 3 is 2.46 bits per heavy atom. The highest BCUT2D eigenvalue weighted by atomic mass is 19.4. The molecule has 1 heterocycles. The predicted molar refractivity (Wildman–Crippen MR) is 75.9 cm³/mol. The van der Waals surface area contributed by atoms with Crippen LogP contribution in [-0.4, -0.2) is 46.8 Å². The van der Waals surface area contributed by atoms with Crippen molar-refractivity contribution in [3.05, 3.63) is 35.1 Å². The number of benzene rings is 1. The third kappa shape index (κ3) is 4.20. The number of alkyl halides is 3. The molecule has 0 spiro atoms. The van der Waals surface area contributed by atoms with Crippen LogP contribution < -0.4 is 5.32 Å². The predicted octanol–water partition coefficient (Wildman–Crippen LogP) is 3.01. The van der Waals surface area contributed by atoms with Crippen LogP contribution in [0.2, 0.25) is 0 Å². The summed E-state index contributed by atoms with van der Waals surface area (Å²) < 4.78 is 79.4. The van der Waals surface area contributed by atoms with E-state index in [-0.39, 0.29) is 6.07 Å². The van der Waals surface area contributed by atoms with Crippen LogP contribution in [0, 0.1) is 17.5 Å². The Hall–Kier alpha value is -2.46. The molecule has 2 rings (SSSR count). The number of nitrogens with one attached hydrogen (secondary N) is 1. The quantitative estimate of drug-likeness (QED) is 0.622. The molecule has 1 saturated heterocycles. The lowest BCUT2D eigenvalue weighted by Crippen LogP contribution is -2.59. The lowest BCUT2D eigenvalue weighted by molar-refractivity contribution is -0.170. The van der Waals surface area contributed by atoms with Gasteiger partial charge >= 0.3 is 12.3 Å². The average Bonchev–Trinajstić information content (AvgIpc) is 2.49. The molecule has 0 aromatic heterocycles. The lowest BCUT2D eigenvalue weighted by Gasteiger charge is -2.43. The summed E-state index contributed by atoms with van der Waals surface area (Å²) in [7, 11) is 0. The van der Waals surface area contributed by atoms with E-state index < -0.39 is 72.2 Å². The van der Waals surface area contributed by atoms with Gasteiger partial charge in [-0.15, -0.1) is 0 Å². The molecule has 3 atom stereocenters. The molecule has 1 aliphatic heterocycles. The van der Waals surface area contributed by atoms with Crippen molar-refractivity contribution in [3.8, 4) is 0 Å². The fraction of sp³-hybridized carbons (Fsp3) is 0.467. The zero-order valence-electron chi connectivity index (χ0n) is 13.3. The first-order chi connectivity index (χ1) is 11.9. The fourth-order valence-electron chi connectivity index (χ4n) is 3.09.